The topological polar surface area (TPSA) is 41.5 Å². The molecule has 1 aromatic carbocycles. The van der Waals surface area contributed by atoms with Crippen LogP contribution in [0.3, 0.4) is 0 Å². The second-order valence-corrected chi connectivity index (χ2v) is 6.13. The summed E-state index contributed by atoms with van der Waals surface area (Å²) in [5.74, 6) is 0.839. The molecule has 3 nitrogen and oxygen atoms in total. The van der Waals surface area contributed by atoms with Gasteiger partial charge >= 0.3 is 0 Å². The Morgan fingerprint density at radius 2 is 1.67 bits per heavy atom. The zero-order valence-electron chi connectivity index (χ0n) is 12.1. The lowest BCUT2D eigenvalue weighted by atomic mass is 9.95. The number of hydrogen-bond acceptors (Lipinski definition) is 3. The van der Waals surface area contributed by atoms with E-state index in [9.17, 15) is 5.11 Å². The lowest BCUT2D eigenvalue weighted by Gasteiger charge is -2.29. The Hall–Kier alpha value is -1.06. The monoisotopic (exact) mass is 251 g/mol. The SMILES string of the molecule is COc1ccc(CC(C)(O)CNC(C)(C)C)cc1. The molecule has 0 radical (unpaired) electrons. The zero-order chi connectivity index (χ0) is 13.8. The summed E-state index contributed by atoms with van der Waals surface area (Å²) >= 11 is 0. The summed E-state index contributed by atoms with van der Waals surface area (Å²) in [6.45, 7) is 8.71. The molecule has 0 spiro atoms. The van der Waals surface area contributed by atoms with Crippen LogP contribution in [0.4, 0.5) is 0 Å². The first-order valence-electron chi connectivity index (χ1n) is 6.32. The number of benzene rings is 1. The van der Waals surface area contributed by atoms with Gasteiger partial charge in [-0.25, -0.2) is 0 Å². The molecule has 0 fully saturated rings. The fraction of sp³-hybridized carbons (Fsp3) is 0.600. The molecule has 1 rings (SSSR count). The van der Waals surface area contributed by atoms with Gasteiger partial charge in [-0.15, -0.1) is 0 Å². The number of hydrogen-bond donors (Lipinski definition) is 2. The van der Waals surface area contributed by atoms with Crippen molar-refractivity contribution in [2.75, 3.05) is 13.7 Å². The molecule has 0 heterocycles. The van der Waals surface area contributed by atoms with Crippen LogP contribution >= 0.6 is 0 Å². The van der Waals surface area contributed by atoms with Crippen LogP contribution in [0.15, 0.2) is 24.3 Å². The number of aliphatic hydroxyl groups is 1. The highest BCUT2D eigenvalue weighted by molar-refractivity contribution is 5.28. The standard InChI is InChI=1S/C15H25NO2/c1-14(2,3)16-11-15(4,17)10-12-6-8-13(18-5)9-7-12/h6-9,16-17H,10-11H2,1-5H3. The molecular formula is C15H25NO2. The van der Waals surface area contributed by atoms with Crippen LogP contribution in [0, 0.1) is 0 Å². The molecule has 102 valence electrons. The third kappa shape index (κ3) is 5.52. The Morgan fingerprint density at radius 1 is 1.11 bits per heavy atom. The van der Waals surface area contributed by atoms with E-state index in [1.807, 2.05) is 31.2 Å². The molecule has 1 unspecified atom stereocenters. The minimum atomic E-state index is -0.748. The number of methoxy groups -OCH3 is 1. The van der Waals surface area contributed by atoms with E-state index in [0.29, 0.717) is 13.0 Å². The molecule has 2 N–H and O–H groups in total. The van der Waals surface area contributed by atoms with Crippen molar-refractivity contribution < 1.29 is 9.84 Å². The second kappa shape index (κ2) is 5.72. The third-order valence-electron chi connectivity index (χ3n) is 2.74. The van der Waals surface area contributed by atoms with E-state index < -0.39 is 5.60 Å². The van der Waals surface area contributed by atoms with Gasteiger partial charge in [0.25, 0.3) is 0 Å². The summed E-state index contributed by atoms with van der Waals surface area (Å²) in [5.41, 5.74) is 0.377. The maximum absolute atomic E-state index is 10.4. The number of β-amino-alcohol motifs (C(OH)–C–C–N with tert-alkyl or cyclic N) is 1. The normalized spacial score (nSPS) is 15.2. The second-order valence-electron chi connectivity index (χ2n) is 6.13. The maximum atomic E-state index is 10.4. The zero-order valence-corrected chi connectivity index (χ0v) is 12.1. The van der Waals surface area contributed by atoms with Crippen LogP contribution in [-0.4, -0.2) is 29.9 Å². The summed E-state index contributed by atoms with van der Waals surface area (Å²) < 4.78 is 5.12. The first-order valence-corrected chi connectivity index (χ1v) is 6.32. The summed E-state index contributed by atoms with van der Waals surface area (Å²) in [7, 11) is 1.65. The summed E-state index contributed by atoms with van der Waals surface area (Å²) in [5, 5.41) is 13.7. The average Bonchev–Trinajstić information content (AvgIpc) is 2.26. The van der Waals surface area contributed by atoms with Gasteiger partial charge in [-0.2, -0.15) is 0 Å². The van der Waals surface area contributed by atoms with Gasteiger partial charge in [0.1, 0.15) is 5.75 Å². The molecule has 0 aliphatic heterocycles. The molecular weight excluding hydrogens is 226 g/mol. The lowest BCUT2D eigenvalue weighted by molar-refractivity contribution is 0.0534. The van der Waals surface area contributed by atoms with E-state index in [4.69, 9.17) is 4.74 Å². The molecule has 18 heavy (non-hydrogen) atoms. The largest absolute Gasteiger partial charge is 0.497 e. The maximum Gasteiger partial charge on any atom is 0.118 e. The Balaban J connectivity index is 2.58. The van der Waals surface area contributed by atoms with Crippen LogP contribution in [0.25, 0.3) is 0 Å². The number of nitrogens with one attached hydrogen (secondary N) is 1. The fourth-order valence-electron chi connectivity index (χ4n) is 1.70. The van der Waals surface area contributed by atoms with Gasteiger partial charge in [0.2, 0.25) is 0 Å². The van der Waals surface area contributed by atoms with Gasteiger partial charge in [0.15, 0.2) is 0 Å². The van der Waals surface area contributed by atoms with Crippen LogP contribution in [0.5, 0.6) is 5.75 Å². The highest BCUT2D eigenvalue weighted by Crippen LogP contribution is 2.17. The molecule has 3 heteroatoms. The molecule has 0 saturated heterocycles. The summed E-state index contributed by atoms with van der Waals surface area (Å²) in [6, 6.07) is 7.82. The predicted octanol–water partition coefficient (Wildman–Crippen LogP) is 2.38. The number of ether oxygens (including phenoxy) is 1. The van der Waals surface area contributed by atoms with E-state index in [1.165, 1.54) is 0 Å². The van der Waals surface area contributed by atoms with Gasteiger partial charge in [-0.1, -0.05) is 12.1 Å². The quantitative estimate of drug-likeness (QED) is 0.844. The van der Waals surface area contributed by atoms with Gasteiger partial charge < -0.3 is 15.2 Å². The first-order chi connectivity index (χ1) is 8.22. The first kappa shape index (κ1) is 15.0. The van der Waals surface area contributed by atoms with Crippen molar-refractivity contribution in [3.63, 3.8) is 0 Å². The van der Waals surface area contributed by atoms with Crippen LogP contribution in [-0.2, 0) is 6.42 Å². The molecule has 1 atom stereocenters. The molecule has 0 saturated carbocycles. The van der Waals surface area contributed by atoms with E-state index in [-0.39, 0.29) is 5.54 Å². The molecule has 1 aromatic rings. The van der Waals surface area contributed by atoms with Crippen molar-refractivity contribution >= 4 is 0 Å². The number of rotatable bonds is 5. The van der Waals surface area contributed by atoms with Crippen LogP contribution in [0.2, 0.25) is 0 Å². The molecule has 0 amide bonds. The fourth-order valence-corrected chi connectivity index (χ4v) is 1.70. The third-order valence-corrected chi connectivity index (χ3v) is 2.74. The molecule has 0 aromatic heterocycles. The average molecular weight is 251 g/mol. The summed E-state index contributed by atoms with van der Waals surface area (Å²) in [4.78, 5) is 0. The molecule has 0 aliphatic carbocycles. The van der Waals surface area contributed by atoms with E-state index in [2.05, 4.69) is 26.1 Å². The Bertz CT molecular complexity index is 363. The van der Waals surface area contributed by atoms with E-state index in [1.54, 1.807) is 7.11 Å². The van der Waals surface area contributed by atoms with E-state index in [0.717, 1.165) is 11.3 Å². The minimum Gasteiger partial charge on any atom is -0.497 e. The van der Waals surface area contributed by atoms with Crippen molar-refractivity contribution in [1.82, 2.24) is 5.32 Å². The van der Waals surface area contributed by atoms with Crippen molar-refractivity contribution in [2.24, 2.45) is 0 Å². The van der Waals surface area contributed by atoms with Crippen molar-refractivity contribution in [3.05, 3.63) is 29.8 Å². The Kier molecular flexibility index (Phi) is 4.77. The van der Waals surface area contributed by atoms with Gasteiger partial charge in [-0.05, 0) is 45.4 Å². The summed E-state index contributed by atoms with van der Waals surface area (Å²) in [6.07, 6.45) is 0.625. The molecule has 0 aliphatic rings. The van der Waals surface area contributed by atoms with Gasteiger partial charge in [-0.3, -0.25) is 0 Å². The van der Waals surface area contributed by atoms with Gasteiger partial charge in [0.05, 0.1) is 12.7 Å². The predicted molar refractivity (Wildman–Crippen MR) is 75.1 cm³/mol. The van der Waals surface area contributed by atoms with Crippen LogP contribution in [0.1, 0.15) is 33.3 Å². The minimum absolute atomic E-state index is 0.0178. The van der Waals surface area contributed by atoms with Crippen molar-refractivity contribution in [1.29, 1.82) is 0 Å². The highest BCUT2D eigenvalue weighted by Gasteiger charge is 2.23. The smallest absolute Gasteiger partial charge is 0.118 e. The van der Waals surface area contributed by atoms with Gasteiger partial charge in [0, 0.05) is 18.5 Å². The Labute approximate surface area is 110 Å². The van der Waals surface area contributed by atoms with Crippen molar-refractivity contribution in [2.45, 2.75) is 45.3 Å². The highest BCUT2D eigenvalue weighted by atomic mass is 16.5. The van der Waals surface area contributed by atoms with E-state index >= 15 is 0 Å². The molecule has 0 bridgehead atoms. The lowest BCUT2D eigenvalue weighted by Crippen LogP contribution is -2.47. The van der Waals surface area contributed by atoms with Crippen molar-refractivity contribution in [3.8, 4) is 5.75 Å². The Morgan fingerprint density at radius 3 is 2.11 bits per heavy atom. The van der Waals surface area contributed by atoms with Crippen LogP contribution < -0.4 is 10.1 Å².